The number of ether oxygens (including phenoxy) is 1. The fourth-order valence-electron chi connectivity index (χ4n) is 4.10. The van der Waals surface area contributed by atoms with E-state index in [1.165, 1.54) is 38.5 Å². The second-order valence-corrected chi connectivity index (χ2v) is 10.2. The maximum absolute atomic E-state index is 12.8. The van der Waals surface area contributed by atoms with Crippen molar-refractivity contribution in [2.75, 3.05) is 5.32 Å². The molecule has 0 bridgehead atoms. The van der Waals surface area contributed by atoms with Crippen molar-refractivity contribution in [3.05, 3.63) is 69.2 Å². The fourth-order valence-corrected chi connectivity index (χ4v) is 5.96. The van der Waals surface area contributed by atoms with Crippen LogP contribution in [0.4, 0.5) is 5.13 Å². The van der Waals surface area contributed by atoms with E-state index in [0.717, 1.165) is 42.3 Å². The molecule has 2 aromatic heterocycles. The molecule has 33 heavy (non-hydrogen) atoms. The molecular formula is C26H24N2O3S2. The molecule has 1 aliphatic rings. The molecule has 1 aliphatic carbocycles. The maximum atomic E-state index is 12.8. The predicted molar refractivity (Wildman–Crippen MR) is 134 cm³/mol. The van der Waals surface area contributed by atoms with Gasteiger partial charge in [0.1, 0.15) is 4.88 Å². The van der Waals surface area contributed by atoms with Gasteiger partial charge < -0.3 is 4.74 Å². The Bertz CT molecular complexity index is 1300. The van der Waals surface area contributed by atoms with E-state index in [1.807, 2.05) is 36.6 Å². The summed E-state index contributed by atoms with van der Waals surface area (Å²) < 4.78 is 5.57. The molecule has 1 unspecified atom stereocenters. The number of carbonyl (C=O) groups is 2. The van der Waals surface area contributed by atoms with Crippen molar-refractivity contribution in [2.45, 2.75) is 45.1 Å². The summed E-state index contributed by atoms with van der Waals surface area (Å²) in [6, 6.07) is 16.3. The third kappa shape index (κ3) is 4.70. The number of nitrogens with one attached hydrogen (secondary N) is 1. The molecule has 1 atom stereocenters. The van der Waals surface area contributed by atoms with Gasteiger partial charge >= 0.3 is 5.97 Å². The molecule has 1 amide bonds. The molecule has 0 spiro atoms. The van der Waals surface area contributed by atoms with Gasteiger partial charge in [-0.1, -0.05) is 43.3 Å². The summed E-state index contributed by atoms with van der Waals surface area (Å²) >= 11 is 2.85. The first-order valence-electron chi connectivity index (χ1n) is 11.2. The van der Waals surface area contributed by atoms with E-state index in [9.17, 15) is 9.59 Å². The van der Waals surface area contributed by atoms with E-state index in [1.54, 1.807) is 0 Å². The van der Waals surface area contributed by atoms with Crippen molar-refractivity contribution in [3.63, 3.8) is 0 Å². The molecule has 1 N–H and O–H groups in total. The molecule has 0 aliphatic heterocycles. The Kier molecular flexibility index (Phi) is 6.24. The van der Waals surface area contributed by atoms with Gasteiger partial charge in [-0.25, -0.2) is 9.78 Å². The molecular weight excluding hydrogens is 452 g/mol. The minimum Gasteiger partial charge on any atom is -0.448 e. The number of carbonyl (C=O) groups excluding carboxylic acids is 2. The third-order valence-corrected chi connectivity index (χ3v) is 7.86. The Hall–Kier alpha value is -3.03. The van der Waals surface area contributed by atoms with Gasteiger partial charge in [0.25, 0.3) is 5.91 Å². The number of fused-ring (bicyclic) bond motifs is 2. The molecule has 5 nitrogen and oxygen atoms in total. The van der Waals surface area contributed by atoms with Crippen LogP contribution in [-0.4, -0.2) is 23.0 Å². The van der Waals surface area contributed by atoms with Crippen molar-refractivity contribution in [3.8, 4) is 11.3 Å². The number of rotatable bonds is 6. The summed E-state index contributed by atoms with van der Waals surface area (Å²) in [7, 11) is 0. The molecule has 2 heterocycles. The van der Waals surface area contributed by atoms with Gasteiger partial charge in [0.05, 0.1) is 5.69 Å². The fraction of sp³-hybridized carbons (Fsp3) is 0.269. The zero-order valence-corrected chi connectivity index (χ0v) is 19.9. The maximum Gasteiger partial charge on any atom is 0.349 e. The second-order valence-electron chi connectivity index (χ2n) is 8.16. The number of thiazole rings is 1. The van der Waals surface area contributed by atoms with Gasteiger partial charge in [-0.2, -0.15) is 0 Å². The molecule has 0 fully saturated rings. The van der Waals surface area contributed by atoms with Crippen molar-refractivity contribution < 1.29 is 14.3 Å². The number of benzene rings is 2. The summed E-state index contributed by atoms with van der Waals surface area (Å²) in [5.41, 5.74) is 3.04. The van der Waals surface area contributed by atoms with Gasteiger partial charge in [-0.15, -0.1) is 22.7 Å². The Labute approximate surface area is 200 Å². The van der Waals surface area contributed by atoms with Crippen molar-refractivity contribution in [1.29, 1.82) is 0 Å². The number of esters is 1. The van der Waals surface area contributed by atoms with Crippen LogP contribution in [0.15, 0.2) is 53.9 Å². The van der Waals surface area contributed by atoms with Crippen molar-refractivity contribution >= 4 is 50.5 Å². The third-order valence-electron chi connectivity index (χ3n) is 5.89. The number of thiophene rings is 1. The van der Waals surface area contributed by atoms with Gasteiger partial charge in [0, 0.05) is 15.8 Å². The highest BCUT2D eigenvalue weighted by atomic mass is 32.1. The summed E-state index contributed by atoms with van der Waals surface area (Å²) in [5.74, 6) is -0.779. The average molecular weight is 477 g/mol. The van der Waals surface area contributed by atoms with E-state index in [0.29, 0.717) is 16.4 Å². The number of anilines is 1. The van der Waals surface area contributed by atoms with Gasteiger partial charge in [-0.05, 0) is 60.6 Å². The smallest absolute Gasteiger partial charge is 0.349 e. The highest BCUT2D eigenvalue weighted by molar-refractivity contribution is 7.14. The lowest BCUT2D eigenvalue weighted by atomic mass is 9.99. The number of aromatic nitrogens is 1. The first-order valence-corrected chi connectivity index (χ1v) is 12.9. The average Bonchev–Trinajstić information content (AvgIpc) is 3.49. The van der Waals surface area contributed by atoms with E-state index >= 15 is 0 Å². The van der Waals surface area contributed by atoms with E-state index < -0.39 is 12.1 Å². The van der Waals surface area contributed by atoms with Crippen LogP contribution in [0.1, 0.15) is 46.3 Å². The van der Waals surface area contributed by atoms with E-state index in [-0.39, 0.29) is 5.91 Å². The van der Waals surface area contributed by atoms with Gasteiger partial charge in [0.2, 0.25) is 0 Å². The Balaban J connectivity index is 1.25. The van der Waals surface area contributed by atoms with Crippen LogP contribution in [0.25, 0.3) is 22.0 Å². The van der Waals surface area contributed by atoms with E-state index in [2.05, 4.69) is 34.6 Å². The number of nitrogens with zero attached hydrogens (tertiary/aromatic N) is 1. The summed E-state index contributed by atoms with van der Waals surface area (Å²) in [5, 5.41) is 7.54. The molecule has 0 saturated carbocycles. The molecule has 2 aromatic carbocycles. The quantitative estimate of drug-likeness (QED) is 0.324. The molecule has 7 heteroatoms. The zero-order valence-electron chi connectivity index (χ0n) is 18.3. The summed E-state index contributed by atoms with van der Waals surface area (Å²) in [6.45, 7) is 1.83. The zero-order chi connectivity index (χ0) is 22.8. The van der Waals surface area contributed by atoms with Crippen LogP contribution in [0.3, 0.4) is 0 Å². The van der Waals surface area contributed by atoms with Crippen molar-refractivity contribution in [2.24, 2.45) is 0 Å². The number of hydrogen-bond acceptors (Lipinski definition) is 6. The minimum atomic E-state index is -0.857. The molecule has 5 rings (SSSR count). The SMILES string of the molecule is CCC(OC(=O)c1cc2c(s1)CCCC2)C(=O)Nc1nc(-c2ccc3ccccc3c2)cs1. The van der Waals surface area contributed by atoms with Crippen LogP contribution in [0.2, 0.25) is 0 Å². The van der Waals surface area contributed by atoms with E-state index in [4.69, 9.17) is 4.74 Å². The Morgan fingerprint density at radius 3 is 2.73 bits per heavy atom. The lowest BCUT2D eigenvalue weighted by Crippen LogP contribution is -2.31. The summed E-state index contributed by atoms with van der Waals surface area (Å²) in [6.07, 6.45) is 3.90. The number of hydrogen-bond donors (Lipinski definition) is 1. The highest BCUT2D eigenvalue weighted by Gasteiger charge is 2.25. The number of amides is 1. The number of aryl methyl sites for hydroxylation is 2. The Morgan fingerprint density at radius 2 is 1.91 bits per heavy atom. The lowest BCUT2D eigenvalue weighted by molar-refractivity contribution is -0.124. The topological polar surface area (TPSA) is 68.3 Å². The largest absolute Gasteiger partial charge is 0.448 e. The van der Waals surface area contributed by atoms with Crippen molar-refractivity contribution in [1.82, 2.24) is 4.98 Å². The Morgan fingerprint density at radius 1 is 1.09 bits per heavy atom. The lowest BCUT2D eigenvalue weighted by Gasteiger charge is -2.14. The minimum absolute atomic E-state index is 0.355. The first-order chi connectivity index (χ1) is 16.1. The van der Waals surface area contributed by atoms with Gasteiger partial charge in [-0.3, -0.25) is 10.1 Å². The van der Waals surface area contributed by atoms with Crippen LogP contribution in [0.5, 0.6) is 0 Å². The molecule has 0 radical (unpaired) electrons. The van der Waals surface area contributed by atoms with Gasteiger partial charge in [0.15, 0.2) is 11.2 Å². The highest BCUT2D eigenvalue weighted by Crippen LogP contribution is 2.31. The van der Waals surface area contributed by atoms with Crippen LogP contribution >= 0.6 is 22.7 Å². The van der Waals surface area contributed by atoms with Crippen LogP contribution in [-0.2, 0) is 22.4 Å². The molecule has 0 saturated heterocycles. The monoisotopic (exact) mass is 476 g/mol. The standard InChI is InChI=1S/C26H24N2O3S2/c1-2-21(31-25(30)23-14-19-9-5-6-10-22(19)33-23)24(29)28-26-27-20(15-32-26)18-12-11-16-7-3-4-8-17(16)13-18/h3-4,7-8,11-15,21H,2,5-6,9-10H2,1H3,(H,27,28,29). The predicted octanol–water partition coefficient (Wildman–Crippen LogP) is 6.48. The first kappa shape index (κ1) is 21.8. The second kappa shape index (κ2) is 9.45. The normalized spacial score (nSPS) is 14.0. The van der Waals surface area contributed by atoms with Crippen LogP contribution < -0.4 is 5.32 Å². The molecule has 4 aromatic rings. The molecule has 168 valence electrons. The summed E-state index contributed by atoms with van der Waals surface area (Å²) in [4.78, 5) is 31.9. The van der Waals surface area contributed by atoms with Crippen LogP contribution in [0, 0.1) is 0 Å².